The second kappa shape index (κ2) is 5.70. The molecule has 2 amide bonds. The molecule has 2 aromatic carbocycles. The summed E-state index contributed by atoms with van der Waals surface area (Å²) in [5, 5.41) is 0.571. The van der Waals surface area contributed by atoms with Crippen molar-refractivity contribution >= 4 is 23.4 Å². The Morgan fingerprint density at radius 3 is 2.38 bits per heavy atom. The number of halogens is 1. The Labute approximate surface area is 128 Å². The van der Waals surface area contributed by atoms with Gasteiger partial charge < -0.3 is 0 Å². The van der Waals surface area contributed by atoms with Crippen LogP contribution in [0.4, 0.5) is 0 Å². The fourth-order valence-corrected chi connectivity index (χ4v) is 2.73. The number of hydrogen-bond acceptors (Lipinski definition) is 2. The van der Waals surface area contributed by atoms with E-state index in [0.29, 0.717) is 23.6 Å². The number of carbonyl (C=O) groups excluding carboxylic acids is 2. The molecule has 1 aliphatic heterocycles. The minimum absolute atomic E-state index is 0.0787. The van der Waals surface area contributed by atoms with Crippen LogP contribution in [0.15, 0.2) is 54.6 Å². The quantitative estimate of drug-likeness (QED) is 0.796. The average Bonchev–Trinajstić information content (AvgIpc) is 2.90. The molecule has 3 rings (SSSR count). The van der Waals surface area contributed by atoms with Gasteiger partial charge in [0.15, 0.2) is 0 Å². The molecule has 0 aromatic heterocycles. The van der Waals surface area contributed by atoms with Crippen molar-refractivity contribution < 1.29 is 9.59 Å². The van der Waals surface area contributed by atoms with Crippen molar-refractivity contribution in [3.8, 4) is 0 Å². The minimum atomic E-state index is -0.255. The van der Waals surface area contributed by atoms with Gasteiger partial charge in [-0.05, 0) is 29.8 Å². The number of rotatable bonds is 2. The second-order valence-corrected chi connectivity index (χ2v) is 5.56. The maximum atomic E-state index is 12.4. The summed E-state index contributed by atoms with van der Waals surface area (Å²) in [5.74, 6) is -0.297. The molecular weight excluding hydrogens is 286 g/mol. The van der Waals surface area contributed by atoms with Crippen LogP contribution in [0.25, 0.3) is 0 Å². The van der Waals surface area contributed by atoms with Gasteiger partial charge >= 0.3 is 0 Å². The number of benzene rings is 2. The summed E-state index contributed by atoms with van der Waals surface area (Å²) in [6.07, 6.45) is 0.378. The predicted molar refractivity (Wildman–Crippen MR) is 81.3 cm³/mol. The number of hydrogen-bond donors (Lipinski definition) is 0. The summed E-state index contributed by atoms with van der Waals surface area (Å²) >= 11 is 5.82. The van der Waals surface area contributed by atoms with E-state index in [2.05, 4.69) is 0 Å². The van der Waals surface area contributed by atoms with Crippen LogP contribution >= 0.6 is 11.6 Å². The SMILES string of the molecule is O=C1C[C@@H](c2ccccc2)CN1C(=O)c1ccc(Cl)cc1. The Balaban J connectivity index is 1.79. The minimum Gasteiger partial charge on any atom is -0.278 e. The first-order chi connectivity index (χ1) is 10.1. The van der Waals surface area contributed by atoms with E-state index in [1.807, 2.05) is 30.3 Å². The van der Waals surface area contributed by atoms with E-state index in [9.17, 15) is 9.59 Å². The van der Waals surface area contributed by atoms with Gasteiger partial charge in [0.05, 0.1) is 0 Å². The second-order valence-electron chi connectivity index (χ2n) is 5.13. The number of carbonyl (C=O) groups is 2. The molecule has 1 heterocycles. The van der Waals surface area contributed by atoms with E-state index in [4.69, 9.17) is 11.6 Å². The van der Waals surface area contributed by atoms with Gasteiger partial charge in [-0.3, -0.25) is 14.5 Å². The first-order valence-corrected chi connectivity index (χ1v) is 7.18. The van der Waals surface area contributed by atoms with Crippen LogP contribution in [0.1, 0.15) is 28.3 Å². The third kappa shape index (κ3) is 2.83. The fourth-order valence-electron chi connectivity index (χ4n) is 2.60. The Hall–Kier alpha value is -2.13. The number of nitrogens with zero attached hydrogens (tertiary/aromatic N) is 1. The Bertz CT molecular complexity index is 667. The largest absolute Gasteiger partial charge is 0.278 e. The monoisotopic (exact) mass is 299 g/mol. The predicted octanol–water partition coefficient (Wildman–Crippen LogP) is 3.50. The smallest absolute Gasteiger partial charge is 0.260 e. The highest BCUT2D eigenvalue weighted by Crippen LogP contribution is 2.29. The van der Waals surface area contributed by atoms with Crippen LogP contribution in [0.3, 0.4) is 0 Å². The van der Waals surface area contributed by atoms with E-state index in [1.54, 1.807) is 24.3 Å². The molecule has 4 heteroatoms. The van der Waals surface area contributed by atoms with E-state index >= 15 is 0 Å². The Kier molecular flexibility index (Phi) is 3.76. The summed E-state index contributed by atoms with van der Waals surface area (Å²) < 4.78 is 0. The van der Waals surface area contributed by atoms with Crippen molar-refractivity contribution in [2.45, 2.75) is 12.3 Å². The molecule has 1 fully saturated rings. The molecule has 21 heavy (non-hydrogen) atoms. The summed E-state index contributed by atoms with van der Waals surface area (Å²) in [5.41, 5.74) is 1.58. The fraction of sp³-hybridized carbons (Fsp3) is 0.176. The van der Waals surface area contributed by atoms with Crippen molar-refractivity contribution in [1.29, 1.82) is 0 Å². The lowest BCUT2D eigenvalue weighted by atomic mass is 9.98. The van der Waals surface area contributed by atoms with Crippen molar-refractivity contribution in [3.05, 3.63) is 70.7 Å². The van der Waals surface area contributed by atoms with Crippen molar-refractivity contribution in [2.75, 3.05) is 6.54 Å². The molecule has 1 atom stereocenters. The van der Waals surface area contributed by atoms with Gasteiger partial charge in [0.1, 0.15) is 0 Å². The maximum absolute atomic E-state index is 12.4. The van der Waals surface area contributed by atoms with Crippen LogP contribution in [0.2, 0.25) is 5.02 Å². The molecule has 1 saturated heterocycles. The summed E-state index contributed by atoms with van der Waals surface area (Å²) in [6.45, 7) is 0.435. The molecule has 0 bridgehead atoms. The van der Waals surface area contributed by atoms with Crippen molar-refractivity contribution in [2.24, 2.45) is 0 Å². The van der Waals surface area contributed by atoms with Gasteiger partial charge in [0, 0.05) is 29.5 Å². The summed E-state index contributed by atoms with van der Waals surface area (Å²) in [6, 6.07) is 16.4. The zero-order valence-electron chi connectivity index (χ0n) is 11.3. The highest BCUT2D eigenvalue weighted by molar-refractivity contribution is 6.30. The van der Waals surface area contributed by atoms with Crippen LogP contribution in [-0.4, -0.2) is 23.3 Å². The number of likely N-dealkylation sites (tertiary alicyclic amines) is 1. The normalized spacial score (nSPS) is 18.0. The molecule has 0 radical (unpaired) electrons. The maximum Gasteiger partial charge on any atom is 0.260 e. The molecule has 0 aliphatic carbocycles. The molecule has 1 aliphatic rings. The van der Waals surface area contributed by atoms with Crippen molar-refractivity contribution in [3.63, 3.8) is 0 Å². The molecule has 0 unspecified atom stereocenters. The molecule has 3 nitrogen and oxygen atoms in total. The molecule has 0 N–H and O–H groups in total. The highest BCUT2D eigenvalue weighted by Gasteiger charge is 2.34. The van der Waals surface area contributed by atoms with E-state index < -0.39 is 0 Å². The lowest BCUT2D eigenvalue weighted by Gasteiger charge is -2.15. The van der Waals surface area contributed by atoms with Crippen LogP contribution in [-0.2, 0) is 4.79 Å². The number of amides is 2. The standard InChI is InChI=1S/C17H14ClNO2/c18-15-8-6-13(7-9-15)17(21)19-11-14(10-16(19)20)12-4-2-1-3-5-12/h1-9,14H,10-11H2/t14-/m1/s1. The van der Waals surface area contributed by atoms with Crippen LogP contribution in [0, 0.1) is 0 Å². The number of imide groups is 1. The molecule has 2 aromatic rings. The molecule has 106 valence electrons. The highest BCUT2D eigenvalue weighted by atomic mass is 35.5. The van der Waals surface area contributed by atoms with Gasteiger partial charge in [-0.25, -0.2) is 0 Å². The van der Waals surface area contributed by atoms with Gasteiger partial charge in [-0.15, -0.1) is 0 Å². The van der Waals surface area contributed by atoms with Crippen LogP contribution in [0.5, 0.6) is 0 Å². The van der Waals surface area contributed by atoms with E-state index in [1.165, 1.54) is 4.90 Å². The molecule has 0 saturated carbocycles. The van der Waals surface area contributed by atoms with Gasteiger partial charge in [0.25, 0.3) is 5.91 Å². The lowest BCUT2D eigenvalue weighted by molar-refractivity contribution is -0.125. The summed E-state index contributed by atoms with van der Waals surface area (Å²) in [7, 11) is 0. The Morgan fingerprint density at radius 2 is 1.71 bits per heavy atom. The zero-order valence-corrected chi connectivity index (χ0v) is 12.1. The lowest BCUT2D eigenvalue weighted by Crippen LogP contribution is -2.32. The Morgan fingerprint density at radius 1 is 1.05 bits per heavy atom. The van der Waals surface area contributed by atoms with Gasteiger partial charge in [0.2, 0.25) is 5.91 Å². The first-order valence-electron chi connectivity index (χ1n) is 6.80. The van der Waals surface area contributed by atoms with E-state index in [0.717, 1.165) is 5.56 Å². The molecule has 0 spiro atoms. The first kappa shape index (κ1) is 13.8. The van der Waals surface area contributed by atoms with Gasteiger partial charge in [-0.1, -0.05) is 41.9 Å². The third-order valence-electron chi connectivity index (χ3n) is 3.73. The van der Waals surface area contributed by atoms with Gasteiger partial charge in [-0.2, -0.15) is 0 Å². The molecular formula is C17H14ClNO2. The topological polar surface area (TPSA) is 37.4 Å². The van der Waals surface area contributed by atoms with E-state index in [-0.39, 0.29) is 17.7 Å². The van der Waals surface area contributed by atoms with Crippen LogP contribution < -0.4 is 0 Å². The van der Waals surface area contributed by atoms with Crippen molar-refractivity contribution in [1.82, 2.24) is 4.90 Å². The average molecular weight is 300 g/mol. The summed E-state index contributed by atoms with van der Waals surface area (Å²) in [4.78, 5) is 25.9. The zero-order chi connectivity index (χ0) is 14.8. The third-order valence-corrected chi connectivity index (χ3v) is 3.98.